The molecule has 0 saturated heterocycles. The Morgan fingerprint density at radius 3 is 1.75 bits per heavy atom. The summed E-state index contributed by atoms with van der Waals surface area (Å²) in [6, 6.07) is 8.32. The number of nitrogens with one attached hydrogen (secondary N) is 1. The van der Waals surface area contributed by atoms with Crippen LogP contribution in [0.15, 0.2) is 30.3 Å². The molecule has 158 valence electrons. The first kappa shape index (κ1) is 24.4. The van der Waals surface area contributed by atoms with Crippen LogP contribution in [0, 0.1) is 0 Å². The van der Waals surface area contributed by atoms with Gasteiger partial charge in [-0.2, -0.15) is 0 Å². The van der Waals surface area contributed by atoms with Gasteiger partial charge < -0.3 is 5.73 Å². The number of hydrogen-bond donors (Lipinski definition) is 2. The molecule has 0 fully saturated rings. The van der Waals surface area contributed by atoms with Gasteiger partial charge in [0.1, 0.15) is 6.04 Å². The third-order valence-corrected chi connectivity index (χ3v) is 5.21. The van der Waals surface area contributed by atoms with Gasteiger partial charge in [0.15, 0.2) is 0 Å². The van der Waals surface area contributed by atoms with Crippen LogP contribution < -0.4 is 11.1 Å². The van der Waals surface area contributed by atoms with Crippen LogP contribution >= 0.6 is 0 Å². The SMILES string of the molecule is CCCCCCCCCCCCCCCC(=O)NC(=O)C(N)c1ccccc1. The zero-order chi connectivity index (χ0) is 20.5. The Balaban J connectivity index is 1.94. The Morgan fingerprint density at radius 2 is 1.25 bits per heavy atom. The minimum Gasteiger partial charge on any atom is -0.316 e. The fourth-order valence-corrected chi connectivity index (χ4v) is 3.39. The van der Waals surface area contributed by atoms with Crippen LogP contribution in [0.4, 0.5) is 0 Å². The summed E-state index contributed by atoms with van der Waals surface area (Å²) in [5, 5.41) is 2.42. The maximum atomic E-state index is 12.0. The lowest BCUT2D eigenvalue weighted by Gasteiger charge is -2.11. The fourth-order valence-electron chi connectivity index (χ4n) is 3.39. The van der Waals surface area contributed by atoms with E-state index < -0.39 is 11.9 Å². The molecule has 0 aromatic heterocycles. The zero-order valence-corrected chi connectivity index (χ0v) is 17.8. The molecule has 1 atom stereocenters. The highest BCUT2D eigenvalue weighted by atomic mass is 16.2. The maximum absolute atomic E-state index is 12.0. The molecular formula is C24H40N2O2. The van der Waals surface area contributed by atoms with E-state index in [1.54, 1.807) is 12.1 Å². The van der Waals surface area contributed by atoms with Crippen molar-refractivity contribution in [1.82, 2.24) is 5.32 Å². The normalized spacial score (nSPS) is 11.9. The lowest BCUT2D eigenvalue weighted by molar-refractivity contribution is -0.131. The Bertz CT molecular complexity index is 531. The molecule has 0 saturated carbocycles. The fraction of sp³-hybridized carbons (Fsp3) is 0.667. The van der Waals surface area contributed by atoms with E-state index in [1.165, 1.54) is 70.6 Å². The molecule has 4 nitrogen and oxygen atoms in total. The molecule has 0 aliphatic carbocycles. The van der Waals surface area contributed by atoms with Gasteiger partial charge in [-0.3, -0.25) is 14.9 Å². The number of nitrogens with two attached hydrogens (primary N) is 1. The summed E-state index contributed by atoms with van der Waals surface area (Å²) in [5.74, 6) is -0.648. The van der Waals surface area contributed by atoms with Crippen molar-refractivity contribution >= 4 is 11.8 Å². The van der Waals surface area contributed by atoms with Gasteiger partial charge in [0.05, 0.1) is 0 Å². The summed E-state index contributed by atoms with van der Waals surface area (Å²) in [4.78, 5) is 23.9. The second-order valence-corrected chi connectivity index (χ2v) is 7.79. The van der Waals surface area contributed by atoms with E-state index in [0.29, 0.717) is 12.0 Å². The molecule has 1 unspecified atom stereocenters. The van der Waals surface area contributed by atoms with E-state index in [0.717, 1.165) is 12.8 Å². The van der Waals surface area contributed by atoms with E-state index in [1.807, 2.05) is 18.2 Å². The second-order valence-electron chi connectivity index (χ2n) is 7.79. The average Bonchev–Trinajstić information content (AvgIpc) is 2.71. The van der Waals surface area contributed by atoms with Crippen LogP contribution in [0.25, 0.3) is 0 Å². The summed E-state index contributed by atoms with van der Waals surface area (Å²) in [7, 11) is 0. The number of carbonyl (C=O) groups is 2. The maximum Gasteiger partial charge on any atom is 0.248 e. The minimum atomic E-state index is -0.795. The summed E-state index contributed by atoms with van der Waals surface area (Å²) in [6.07, 6.45) is 16.9. The van der Waals surface area contributed by atoms with Crippen molar-refractivity contribution in [3.63, 3.8) is 0 Å². The molecule has 1 aromatic carbocycles. The highest BCUT2D eigenvalue weighted by Gasteiger charge is 2.17. The second kappa shape index (κ2) is 16.3. The molecule has 28 heavy (non-hydrogen) atoms. The number of rotatable bonds is 16. The van der Waals surface area contributed by atoms with E-state index in [-0.39, 0.29) is 5.91 Å². The molecule has 0 spiro atoms. The molecule has 0 aliphatic rings. The number of hydrogen-bond acceptors (Lipinski definition) is 3. The van der Waals surface area contributed by atoms with Gasteiger partial charge in [-0.15, -0.1) is 0 Å². The van der Waals surface area contributed by atoms with Gasteiger partial charge >= 0.3 is 0 Å². The van der Waals surface area contributed by atoms with Crippen LogP contribution in [0.5, 0.6) is 0 Å². The topological polar surface area (TPSA) is 72.2 Å². The summed E-state index contributed by atoms with van der Waals surface area (Å²) >= 11 is 0. The highest BCUT2D eigenvalue weighted by molar-refractivity contribution is 5.98. The number of imide groups is 1. The van der Waals surface area contributed by atoms with Gasteiger partial charge in [0.2, 0.25) is 11.8 Å². The van der Waals surface area contributed by atoms with Crippen LogP contribution in [-0.2, 0) is 9.59 Å². The Hall–Kier alpha value is -1.68. The van der Waals surface area contributed by atoms with Gasteiger partial charge in [-0.05, 0) is 12.0 Å². The van der Waals surface area contributed by atoms with Crippen molar-refractivity contribution < 1.29 is 9.59 Å². The minimum absolute atomic E-state index is 0.223. The lowest BCUT2D eigenvalue weighted by atomic mass is 10.0. The molecule has 3 N–H and O–H groups in total. The zero-order valence-electron chi connectivity index (χ0n) is 17.8. The monoisotopic (exact) mass is 388 g/mol. The van der Waals surface area contributed by atoms with Crippen molar-refractivity contribution in [3.8, 4) is 0 Å². The van der Waals surface area contributed by atoms with E-state index >= 15 is 0 Å². The van der Waals surface area contributed by atoms with Crippen LogP contribution in [0.1, 0.15) is 108 Å². The first-order chi connectivity index (χ1) is 13.6. The standard InChI is InChI=1S/C24H40N2O2/c1-2-3-4-5-6-7-8-9-10-11-12-13-17-20-22(27)26-24(28)23(25)21-18-15-14-16-19-21/h14-16,18-19,23H,2-13,17,20,25H2,1H3,(H,26,27,28). The molecule has 0 bridgehead atoms. The van der Waals surface area contributed by atoms with Gasteiger partial charge in [-0.25, -0.2) is 0 Å². The number of amides is 2. The van der Waals surface area contributed by atoms with Crippen molar-refractivity contribution in [2.24, 2.45) is 5.73 Å². The van der Waals surface area contributed by atoms with Crippen LogP contribution in [-0.4, -0.2) is 11.8 Å². The molecular weight excluding hydrogens is 348 g/mol. The predicted octanol–water partition coefficient (Wildman–Crippen LogP) is 5.81. The lowest BCUT2D eigenvalue weighted by Crippen LogP contribution is -2.37. The molecule has 4 heteroatoms. The van der Waals surface area contributed by atoms with Gasteiger partial charge in [0, 0.05) is 6.42 Å². The Kier molecular flexibility index (Phi) is 14.2. The molecule has 1 aromatic rings. The quantitative estimate of drug-likeness (QED) is 0.351. The van der Waals surface area contributed by atoms with Gasteiger partial charge in [-0.1, -0.05) is 114 Å². The van der Waals surface area contributed by atoms with E-state index in [9.17, 15) is 9.59 Å². The van der Waals surface area contributed by atoms with Crippen molar-refractivity contribution in [2.45, 2.75) is 103 Å². The molecule has 0 heterocycles. The molecule has 2 amide bonds. The third-order valence-electron chi connectivity index (χ3n) is 5.21. The summed E-state index contributed by atoms with van der Waals surface area (Å²) < 4.78 is 0. The molecule has 0 radical (unpaired) electrons. The predicted molar refractivity (Wildman–Crippen MR) is 117 cm³/mol. The third kappa shape index (κ3) is 11.9. The van der Waals surface area contributed by atoms with Crippen molar-refractivity contribution in [1.29, 1.82) is 0 Å². The average molecular weight is 389 g/mol. The van der Waals surface area contributed by atoms with E-state index in [2.05, 4.69) is 12.2 Å². The van der Waals surface area contributed by atoms with Crippen molar-refractivity contribution in [3.05, 3.63) is 35.9 Å². The van der Waals surface area contributed by atoms with Crippen LogP contribution in [0.3, 0.4) is 0 Å². The summed E-state index contributed by atoms with van der Waals surface area (Å²) in [5.41, 5.74) is 6.61. The molecule has 1 rings (SSSR count). The molecule has 0 aliphatic heterocycles. The first-order valence-electron chi connectivity index (χ1n) is 11.3. The highest BCUT2D eigenvalue weighted by Crippen LogP contribution is 2.13. The summed E-state index contributed by atoms with van der Waals surface area (Å²) in [6.45, 7) is 2.26. The first-order valence-corrected chi connectivity index (χ1v) is 11.3. The number of carbonyl (C=O) groups excluding carboxylic acids is 2. The number of unbranched alkanes of at least 4 members (excludes halogenated alkanes) is 12. The van der Waals surface area contributed by atoms with Gasteiger partial charge in [0.25, 0.3) is 0 Å². The smallest absolute Gasteiger partial charge is 0.248 e. The van der Waals surface area contributed by atoms with E-state index in [4.69, 9.17) is 5.73 Å². The Labute approximate surface area is 171 Å². The largest absolute Gasteiger partial charge is 0.316 e. The number of benzene rings is 1. The Morgan fingerprint density at radius 1 is 0.786 bits per heavy atom. The van der Waals surface area contributed by atoms with Crippen molar-refractivity contribution in [2.75, 3.05) is 0 Å². The van der Waals surface area contributed by atoms with Crippen LogP contribution in [0.2, 0.25) is 0 Å².